The first-order valence-electron chi connectivity index (χ1n) is 18.0. The highest BCUT2D eigenvalue weighted by atomic mass is 16.1. The summed E-state index contributed by atoms with van der Waals surface area (Å²) in [7, 11) is 0. The first-order chi connectivity index (χ1) is 23.6. The van der Waals surface area contributed by atoms with Crippen LogP contribution in [0.3, 0.4) is 0 Å². The quantitative estimate of drug-likeness (QED) is 0.196. The van der Waals surface area contributed by atoms with Gasteiger partial charge in [-0.3, -0.25) is 9.59 Å². The molecule has 2 fully saturated rings. The number of nitrogens with zero attached hydrogens (tertiary/aromatic N) is 2. The van der Waals surface area contributed by atoms with Crippen LogP contribution in [0.2, 0.25) is 0 Å². The normalized spacial score (nSPS) is 23.2. The largest absolute Gasteiger partial charge is 0.310 e. The van der Waals surface area contributed by atoms with Crippen molar-refractivity contribution >= 4 is 66.7 Å². The van der Waals surface area contributed by atoms with Gasteiger partial charge in [0.05, 0.1) is 16.6 Å². The van der Waals surface area contributed by atoms with Crippen LogP contribution in [0.4, 0.5) is 17.1 Å². The molecule has 4 heteroatoms. The number of rotatable bonds is 3. The highest BCUT2D eigenvalue weighted by Crippen LogP contribution is 2.51. The monoisotopic (exact) mass is 624 g/mol. The van der Waals surface area contributed by atoms with E-state index in [2.05, 4.69) is 106 Å². The van der Waals surface area contributed by atoms with Crippen molar-refractivity contribution in [2.45, 2.75) is 63.2 Å². The molecule has 6 aliphatic carbocycles. The molecule has 7 aromatic rings. The van der Waals surface area contributed by atoms with Crippen molar-refractivity contribution in [3.63, 3.8) is 0 Å². The van der Waals surface area contributed by atoms with Gasteiger partial charge >= 0.3 is 0 Å². The molecule has 13 rings (SSSR count). The van der Waals surface area contributed by atoms with Gasteiger partial charge in [0, 0.05) is 61.6 Å². The second-order valence-electron chi connectivity index (χ2n) is 15.0. The van der Waals surface area contributed by atoms with Crippen LogP contribution in [0.25, 0.3) is 38.1 Å². The summed E-state index contributed by atoms with van der Waals surface area (Å²) in [5, 5.41) is 4.83. The summed E-state index contributed by atoms with van der Waals surface area (Å²) >= 11 is 0. The SMILES string of the molecule is O=C1c2cc3c(cc2C2CCC1CC2)c1cc(N(c2ccccc2)c2ccccc2)cc2c4cc5c(cc4n3c12)C(=O)C1CCC5CC1. The van der Waals surface area contributed by atoms with Gasteiger partial charge in [0.1, 0.15) is 0 Å². The van der Waals surface area contributed by atoms with Crippen molar-refractivity contribution in [2.24, 2.45) is 11.8 Å². The molecule has 0 radical (unpaired) electrons. The van der Waals surface area contributed by atoms with Gasteiger partial charge in [-0.1, -0.05) is 36.4 Å². The maximum Gasteiger partial charge on any atom is 0.166 e. The van der Waals surface area contributed by atoms with Gasteiger partial charge in [0.25, 0.3) is 0 Å². The van der Waals surface area contributed by atoms with Crippen molar-refractivity contribution in [3.8, 4) is 0 Å². The predicted octanol–water partition coefficient (Wildman–Crippen LogP) is 11.2. The Morgan fingerprint density at radius 3 is 1.31 bits per heavy atom. The van der Waals surface area contributed by atoms with Gasteiger partial charge in [-0.2, -0.15) is 0 Å². The van der Waals surface area contributed by atoms with E-state index >= 15 is 0 Å². The van der Waals surface area contributed by atoms with Crippen LogP contribution in [0, 0.1) is 11.8 Å². The lowest BCUT2D eigenvalue weighted by Gasteiger charge is -2.26. The molecule has 4 bridgehead atoms. The van der Waals surface area contributed by atoms with E-state index in [9.17, 15) is 9.59 Å². The van der Waals surface area contributed by atoms with Gasteiger partial charge in [0.2, 0.25) is 0 Å². The number of carbonyl (C=O) groups excluding carboxylic acids is 2. The number of fused-ring (bicyclic) bond motifs is 10. The van der Waals surface area contributed by atoms with E-state index in [0.29, 0.717) is 23.4 Å². The zero-order chi connectivity index (χ0) is 31.7. The third-order valence-electron chi connectivity index (χ3n) is 12.6. The van der Waals surface area contributed by atoms with Gasteiger partial charge in [-0.25, -0.2) is 0 Å². The van der Waals surface area contributed by atoms with Crippen LogP contribution in [-0.4, -0.2) is 16.0 Å². The molecule has 0 unspecified atom stereocenters. The minimum atomic E-state index is 0.145. The molecule has 4 nitrogen and oxygen atoms in total. The van der Waals surface area contributed by atoms with Gasteiger partial charge in [-0.05, 0) is 135 Å². The summed E-state index contributed by atoms with van der Waals surface area (Å²) in [6, 6.07) is 35.2. The minimum absolute atomic E-state index is 0.145. The Balaban J connectivity index is 1.28. The minimum Gasteiger partial charge on any atom is -0.310 e. The van der Waals surface area contributed by atoms with Crippen LogP contribution in [0.1, 0.15) is 95.0 Å². The Morgan fingerprint density at radius 1 is 0.458 bits per heavy atom. The Morgan fingerprint density at radius 2 is 0.875 bits per heavy atom. The third-order valence-corrected chi connectivity index (χ3v) is 12.6. The Hall–Kier alpha value is -4.96. The van der Waals surface area contributed by atoms with Crippen LogP contribution in [0.15, 0.2) is 97.1 Å². The molecule has 2 heterocycles. The maximum absolute atomic E-state index is 14.0. The Bertz CT molecular complexity index is 2290. The lowest BCUT2D eigenvalue weighted by molar-refractivity contribution is 0.0891. The number of ketones is 2. The van der Waals surface area contributed by atoms with E-state index in [1.807, 2.05) is 0 Å². The van der Waals surface area contributed by atoms with Crippen molar-refractivity contribution < 1.29 is 9.59 Å². The lowest BCUT2D eigenvalue weighted by Crippen LogP contribution is -2.15. The van der Waals surface area contributed by atoms with Gasteiger partial charge in [0.15, 0.2) is 11.6 Å². The highest BCUT2D eigenvalue weighted by Gasteiger charge is 2.38. The first-order valence-corrected chi connectivity index (χ1v) is 18.0. The summed E-state index contributed by atoms with van der Waals surface area (Å²) in [5.41, 5.74) is 11.1. The molecule has 0 aliphatic heterocycles. The summed E-state index contributed by atoms with van der Waals surface area (Å²) in [6.45, 7) is 0. The number of anilines is 3. The fraction of sp³-hybridized carbons (Fsp3) is 0.273. The molecule has 2 saturated carbocycles. The highest BCUT2D eigenvalue weighted by molar-refractivity contribution is 6.26. The number of Topliss-reactive ketones (excluding diaryl/α,β-unsaturated/α-hetero) is 2. The molecule has 48 heavy (non-hydrogen) atoms. The number of benzene rings is 5. The number of carbonyl (C=O) groups is 2. The second kappa shape index (κ2) is 9.79. The molecule has 0 amide bonds. The molecule has 0 saturated heterocycles. The summed E-state index contributed by atoms with van der Waals surface area (Å²) in [5.74, 6) is 1.84. The fourth-order valence-corrected chi connectivity index (χ4v) is 10.3. The Labute approximate surface area is 279 Å². The fourth-order valence-electron chi connectivity index (χ4n) is 10.3. The third kappa shape index (κ3) is 3.61. The number of aromatic nitrogens is 1. The summed E-state index contributed by atoms with van der Waals surface area (Å²) in [4.78, 5) is 30.3. The first kappa shape index (κ1) is 27.0. The van der Waals surface area contributed by atoms with E-state index < -0.39 is 0 Å². The van der Waals surface area contributed by atoms with Crippen molar-refractivity contribution in [1.29, 1.82) is 0 Å². The zero-order valence-electron chi connectivity index (χ0n) is 26.9. The maximum atomic E-state index is 14.0. The predicted molar refractivity (Wildman–Crippen MR) is 194 cm³/mol. The Kier molecular flexibility index (Phi) is 5.52. The van der Waals surface area contributed by atoms with Crippen molar-refractivity contribution in [2.75, 3.05) is 4.90 Å². The molecule has 5 aromatic carbocycles. The van der Waals surface area contributed by atoms with Gasteiger partial charge in [-0.15, -0.1) is 0 Å². The molecule has 234 valence electrons. The number of para-hydroxylation sites is 2. The van der Waals surface area contributed by atoms with E-state index in [0.717, 1.165) is 90.6 Å². The zero-order valence-corrected chi connectivity index (χ0v) is 26.9. The standard InChI is InChI=1S/C44H36N2O2/c47-43-27-15-11-25(12-16-27)32-21-34-36-19-31(45(29-7-3-1-4-8-29)30-9-5-2-6-10-30)20-37-35-22-33-26-13-17-28(18-14-26)44(48)39(33)24-41(35)46(42(36)37)40(34)23-38(32)43/h1-10,19-28H,11-18H2. The summed E-state index contributed by atoms with van der Waals surface area (Å²) in [6.07, 6.45) is 8.39. The van der Waals surface area contributed by atoms with Crippen LogP contribution in [0.5, 0.6) is 0 Å². The lowest BCUT2D eigenvalue weighted by atomic mass is 9.82. The van der Waals surface area contributed by atoms with E-state index in [4.69, 9.17) is 0 Å². The topological polar surface area (TPSA) is 41.8 Å². The van der Waals surface area contributed by atoms with Crippen molar-refractivity contribution in [1.82, 2.24) is 4.40 Å². The molecular formula is C44H36N2O2. The molecule has 0 atom stereocenters. The van der Waals surface area contributed by atoms with E-state index in [1.165, 1.54) is 38.2 Å². The van der Waals surface area contributed by atoms with E-state index in [1.54, 1.807) is 0 Å². The smallest absolute Gasteiger partial charge is 0.166 e. The molecule has 0 spiro atoms. The molecule has 2 aromatic heterocycles. The summed E-state index contributed by atoms with van der Waals surface area (Å²) < 4.78 is 2.40. The average Bonchev–Trinajstić information content (AvgIpc) is 3.45. The number of hydrogen-bond acceptors (Lipinski definition) is 3. The van der Waals surface area contributed by atoms with Crippen LogP contribution in [-0.2, 0) is 0 Å². The average molecular weight is 625 g/mol. The second-order valence-corrected chi connectivity index (χ2v) is 15.0. The molecular weight excluding hydrogens is 588 g/mol. The number of hydrogen-bond donors (Lipinski definition) is 0. The van der Waals surface area contributed by atoms with Crippen LogP contribution >= 0.6 is 0 Å². The van der Waals surface area contributed by atoms with Crippen molar-refractivity contribution in [3.05, 3.63) is 119 Å². The molecule has 6 aliphatic rings. The van der Waals surface area contributed by atoms with Gasteiger partial charge < -0.3 is 9.30 Å². The van der Waals surface area contributed by atoms with Crippen LogP contribution < -0.4 is 4.90 Å². The molecule has 0 N–H and O–H groups in total. The van der Waals surface area contributed by atoms with E-state index in [-0.39, 0.29) is 11.8 Å².